The van der Waals surface area contributed by atoms with Gasteiger partial charge in [0.25, 0.3) is 0 Å². The Morgan fingerprint density at radius 2 is 1.18 bits per heavy atom. The Hall–Kier alpha value is -2.24. The van der Waals surface area contributed by atoms with Gasteiger partial charge in [-0.1, -0.05) is 0 Å². The van der Waals surface area contributed by atoms with E-state index in [0.717, 1.165) is 0 Å². The number of benzene rings is 1. The van der Waals surface area contributed by atoms with Crippen LogP contribution in [0.1, 0.15) is 41.5 Å². The molecule has 0 aliphatic heterocycles. The minimum absolute atomic E-state index is 0.148. The van der Waals surface area contributed by atoms with Gasteiger partial charge in [0.2, 0.25) is 0 Å². The second-order valence-corrected chi connectivity index (χ2v) is 6.54. The molecule has 0 aliphatic rings. The lowest BCUT2D eigenvalue weighted by atomic mass is 10.2. The maximum absolute atomic E-state index is 11.6. The van der Waals surface area contributed by atoms with Crippen molar-refractivity contribution in [1.29, 1.82) is 0 Å². The van der Waals surface area contributed by atoms with Crippen molar-refractivity contribution in [2.75, 3.05) is 0 Å². The highest BCUT2D eigenvalue weighted by Crippen LogP contribution is 2.21. The molecule has 0 spiro atoms. The van der Waals surface area contributed by atoms with Crippen molar-refractivity contribution in [2.24, 2.45) is 0 Å². The summed E-state index contributed by atoms with van der Waals surface area (Å²) in [6.07, 6.45) is -1.70. The van der Waals surface area contributed by atoms with Crippen LogP contribution in [0.3, 0.4) is 0 Å². The van der Waals surface area contributed by atoms with Gasteiger partial charge in [-0.3, -0.25) is 0 Å². The third-order valence-corrected chi connectivity index (χ3v) is 1.92. The van der Waals surface area contributed by atoms with Gasteiger partial charge in [-0.05, 0) is 59.7 Å². The Labute approximate surface area is 130 Å². The van der Waals surface area contributed by atoms with Crippen LogP contribution >= 0.6 is 0 Å². The van der Waals surface area contributed by atoms with Crippen LogP contribution in [0.15, 0.2) is 18.2 Å². The molecular weight excluding hydrogens is 288 g/mol. The fraction of sp³-hybridized carbons (Fsp3) is 0.500. The monoisotopic (exact) mass is 309 g/mol. The summed E-state index contributed by atoms with van der Waals surface area (Å²) in [7, 11) is 0. The van der Waals surface area contributed by atoms with Crippen molar-refractivity contribution in [3.8, 4) is 11.5 Å². The van der Waals surface area contributed by atoms with Crippen LogP contribution in [0.5, 0.6) is 11.5 Å². The van der Waals surface area contributed by atoms with Gasteiger partial charge in [-0.2, -0.15) is 0 Å². The van der Waals surface area contributed by atoms with Crippen molar-refractivity contribution in [2.45, 2.75) is 52.7 Å². The molecule has 0 atom stereocenters. The van der Waals surface area contributed by atoms with Crippen LogP contribution in [0.2, 0.25) is 0 Å². The fourth-order valence-corrected chi connectivity index (χ4v) is 1.28. The summed E-state index contributed by atoms with van der Waals surface area (Å²) in [5.41, 5.74) is -1.32. The second-order valence-electron chi connectivity index (χ2n) is 6.54. The van der Waals surface area contributed by atoms with Gasteiger partial charge in [0.05, 0.1) is 0 Å². The molecule has 0 saturated heterocycles. The highest BCUT2D eigenvalue weighted by atomic mass is 16.7. The van der Waals surface area contributed by atoms with Crippen molar-refractivity contribution in [3.63, 3.8) is 0 Å². The third kappa shape index (κ3) is 7.52. The predicted molar refractivity (Wildman–Crippen MR) is 79.0 cm³/mol. The van der Waals surface area contributed by atoms with Gasteiger partial charge in [-0.15, -0.1) is 0 Å². The van der Waals surface area contributed by atoms with E-state index in [2.05, 4.69) is 6.07 Å². The molecule has 22 heavy (non-hydrogen) atoms. The Balaban J connectivity index is 2.66. The van der Waals surface area contributed by atoms with Gasteiger partial charge in [0.1, 0.15) is 22.7 Å². The third-order valence-electron chi connectivity index (χ3n) is 1.92. The Morgan fingerprint density at radius 1 is 0.818 bits per heavy atom. The minimum atomic E-state index is -0.852. The molecule has 0 bridgehead atoms. The number of hydrogen-bond acceptors (Lipinski definition) is 6. The summed E-state index contributed by atoms with van der Waals surface area (Å²) in [5, 5.41) is 0. The number of rotatable bonds is 2. The average molecular weight is 309 g/mol. The molecule has 1 aromatic carbocycles. The topological polar surface area (TPSA) is 71.1 Å². The summed E-state index contributed by atoms with van der Waals surface area (Å²) in [5.74, 6) is 0.297. The molecular formula is C16H21O6. The summed E-state index contributed by atoms with van der Waals surface area (Å²) >= 11 is 0. The Morgan fingerprint density at radius 3 is 1.50 bits per heavy atom. The largest absolute Gasteiger partial charge is 0.514 e. The van der Waals surface area contributed by atoms with E-state index in [1.54, 1.807) is 41.5 Å². The van der Waals surface area contributed by atoms with E-state index in [-0.39, 0.29) is 11.5 Å². The lowest BCUT2D eigenvalue weighted by molar-refractivity contribution is 0.0205. The van der Waals surface area contributed by atoms with Crippen LogP contribution in [-0.4, -0.2) is 23.5 Å². The molecule has 6 heteroatoms. The van der Waals surface area contributed by atoms with E-state index >= 15 is 0 Å². The summed E-state index contributed by atoms with van der Waals surface area (Å²) in [6.45, 7) is 10.3. The van der Waals surface area contributed by atoms with E-state index in [1.165, 1.54) is 18.2 Å². The van der Waals surface area contributed by atoms with Crippen LogP contribution in [-0.2, 0) is 9.47 Å². The second kappa shape index (κ2) is 6.68. The van der Waals surface area contributed by atoms with Crippen LogP contribution in [0.4, 0.5) is 9.59 Å². The van der Waals surface area contributed by atoms with Gasteiger partial charge in [-0.25, -0.2) is 9.59 Å². The molecule has 0 aliphatic carbocycles. The minimum Gasteiger partial charge on any atom is -0.428 e. The van der Waals surface area contributed by atoms with E-state index in [9.17, 15) is 9.59 Å². The van der Waals surface area contributed by atoms with Gasteiger partial charge < -0.3 is 18.9 Å². The molecule has 0 fully saturated rings. The lowest BCUT2D eigenvalue weighted by Crippen LogP contribution is -2.26. The van der Waals surface area contributed by atoms with Crippen molar-refractivity contribution in [3.05, 3.63) is 24.3 Å². The number of ether oxygens (including phenoxy) is 4. The molecule has 0 saturated carbocycles. The van der Waals surface area contributed by atoms with Crippen molar-refractivity contribution in [1.82, 2.24) is 0 Å². The zero-order valence-corrected chi connectivity index (χ0v) is 13.7. The highest BCUT2D eigenvalue weighted by Gasteiger charge is 2.20. The molecule has 0 aromatic heterocycles. The predicted octanol–water partition coefficient (Wildman–Crippen LogP) is 4.11. The van der Waals surface area contributed by atoms with Crippen molar-refractivity contribution < 1.29 is 28.5 Å². The quantitative estimate of drug-likeness (QED) is 0.604. The Bertz CT molecular complexity index is 491. The smallest absolute Gasteiger partial charge is 0.428 e. The molecule has 1 rings (SSSR count). The van der Waals surface area contributed by atoms with Gasteiger partial charge in [0.15, 0.2) is 0 Å². The van der Waals surface area contributed by atoms with Gasteiger partial charge in [0, 0.05) is 6.07 Å². The first-order chi connectivity index (χ1) is 9.94. The first-order valence-electron chi connectivity index (χ1n) is 6.77. The van der Waals surface area contributed by atoms with E-state index in [0.29, 0.717) is 0 Å². The normalized spacial score (nSPS) is 11.5. The molecule has 0 heterocycles. The molecule has 0 amide bonds. The first-order valence-corrected chi connectivity index (χ1v) is 6.77. The zero-order valence-electron chi connectivity index (χ0n) is 13.7. The molecule has 121 valence electrons. The van der Waals surface area contributed by atoms with E-state index in [4.69, 9.17) is 18.9 Å². The molecule has 0 N–H and O–H groups in total. The Kier molecular flexibility index (Phi) is 5.41. The summed E-state index contributed by atoms with van der Waals surface area (Å²) in [4.78, 5) is 23.1. The molecule has 1 aromatic rings. The zero-order chi connectivity index (χ0) is 17.0. The van der Waals surface area contributed by atoms with Crippen LogP contribution in [0, 0.1) is 6.07 Å². The average Bonchev–Trinajstić information content (AvgIpc) is 2.22. The lowest BCUT2D eigenvalue weighted by Gasteiger charge is -2.19. The van der Waals surface area contributed by atoms with E-state index in [1.807, 2.05) is 0 Å². The molecule has 1 radical (unpaired) electrons. The van der Waals surface area contributed by atoms with Crippen LogP contribution in [0.25, 0.3) is 0 Å². The maximum Gasteiger partial charge on any atom is 0.514 e. The number of carbonyl (C=O) groups excluding carboxylic acids is 2. The first kappa shape index (κ1) is 17.8. The highest BCUT2D eigenvalue weighted by molar-refractivity contribution is 5.66. The number of carbonyl (C=O) groups is 2. The standard InChI is InChI=1S/C16H21O6/c1-15(2,3)21-13(17)19-11-8-7-9-12(10-11)20-14(18)22-16(4,5)6/h8-10H,1-6H3. The van der Waals surface area contributed by atoms with Crippen LogP contribution < -0.4 is 9.47 Å². The SMILES string of the molecule is CC(C)(C)OC(=O)Oc1c[c]cc(OC(=O)OC(C)(C)C)c1. The summed E-state index contributed by atoms with van der Waals surface area (Å²) in [6, 6.07) is 6.91. The van der Waals surface area contributed by atoms with E-state index < -0.39 is 23.5 Å². The molecule has 6 nitrogen and oxygen atoms in total. The number of hydrogen-bond donors (Lipinski definition) is 0. The maximum atomic E-state index is 11.6. The molecule has 0 unspecified atom stereocenters. The van der Waals surface area contributed by atoms with Gasteiger partial charge >= 0.3 is 12.3 Å². The van der Waals surface area contributed by atoms with Crippen molar-refractivity contribution >= 4 is 12.3 Å². The fourth-order valence-electron chi connectivity index (χ4n) is 1.28. The summed E-state index contributed by atoms with van der Waals surface area (Å²) < 4.78 is 20.0.